The van der Waals surface area contributed by atoms with Gasteiger partial charge in [0.25, 0.3) is 0 Å². The molecule has 0 radical (unpaired) electrons. The maximum absolute atomic E-state index is 5.31. The van der Waals surface area contributed by atoms with Crippen LogP contribution in [0.15, 0.2) is 195 Å². The lowest BCUT2D eigenvalue weighted by Gasteiger charge is -2.02. The summed E-state index contributed by atoms with van der Waals surface area (Å²) in [5.41, 5.74) is 12.4. The summed E-state index contributed by atoms with van der Waals surface area (Å²) in [6.07, 6.45) is 8.93. The molecular weight excluding hydrogens is 903 g/mol. The van der Waals surface area contributed by atoms with E-state index in [0.29, 0.717) is 19.6 Å². The molecule has 360 valence electrons. The van der Waals surface area contributed by atoms with Crippen molar-refractivity contribution in [1.29, 1.82) is 0 Å². The first-order valence-corrected chi connectivity index (χ1v) is 23.4. The van der Waals surface area contributed by atoms with Crippen molar-refractivity contribution in [3.63, 3.8) is 0 Å². The molecule has 0 saturated heterocycles. The maximum Gasteiger partial charge on any atom is 0.177 e. The molecule has 5 aromatic carbocycles. The molecule has 0 fully saturated rings. The molecule has 7 aromatic heterocycles. The van der Waals surface area contributed by atoms with E-state index in [1.807, 2.05) is 149 Å². The summed E-state index contributed by atoms with van der Waals surface area (Å²) in [7, 11) is 0. The molecular formula is C57H53N11O4. The Hall–Kier alpha value is -9.37. The van der Waals surface area contributed by atoms with Gasteiger partial charge < -0.3 is 39.4 Å². The summed E-state index contributed by atoms with van der Waals surface area (Å²) in [6.45, 7) is 10.9. The van der Waals surface area contributed by atoms with Crippen molar-refractivity contribution in [2.24, 2.45) is 0 Å². The van der Waals surface area contributed by atoms with Gasteiger partial charge in [-0.3, -0.25) is 15.0 Å². The number of aromatic nitrogens is 7. The Kier molecular flexibility index (Phi) is 15.4. The van der Waals surface area contributed by atoms with E-state index in [4.69, 9.17) is 18.1 Å². The first kappa shape index (κ1) is 47.7. The minimum atomic E-state index is 0.635. The van der Waals surface area contributed by atoms with Crippen molar-refractivity contribution in [3.8, 4) is 0 Å². The highest BCUT2D eigenvalue weighted by molar-refractivity contribution is 5.90. The van der Waals surface area contributed by atoms with Gasteiger partial charge in [-0.25, -0.2) is 0 Å². The summed E-state index contributed by atoms with van der Waals surface area (Å²) >= 11 is 0. The molecule has 15 heteroatoms. The van der Waals surface area contributed by atoms with Crippen LogP contribution >= 0.6 is 0 Å². The molecule has 12 aromatic rings. The molecule has 12 rings (SSSR count). The molecule has 0 atom stereocenters. The molecule has 0 spiro atoms. The van der Waals surface area contributed by atoms with Crippen molar-refractivity contribution in [2.75, 3.05) is 21.3 Å². The smallest absolute Gasteiger partial charge is 0.177 e. The normalized spacial score (nSPS) is 10.7. The van der Waals surface area contributed by atoms with Crippen molar-refractivity contribution in [1.82, 2.24) is 35.6 Å². The summed E-state index contributed by atoms with van der Waals surface area (Å²) in [5.74, 6) is 3.11. The zero-order chi connectivity index (χ0) is 49.5. The SMILES string of the molecule is Cc1ccc2c(NCc3ccccc3)noc2c1.Cc1ccc2c(NCc3ccccn3)noc2c1.Cc1ccc2c(NCc3cccnc3)noc2c1.Cc1ccc2c(NCc3ccncc3)noc2c1. The fraction of sp³-hybridized carbons (Fsp3) is 0.140. The van der Waals surface area contributed by atoms with Crippen LogP contribution in [0.1, 0.15) is 44.6 Å². The Bertz CT molecular complexity index is 3120. The zero-order valence-electron chi connectivity index (χ0n) is 40.3. The van der Waals surface area contributed by atoms with Crippen molar-refractivity contribution < 1.29 is 18.1 Å². The van der Waals surface area contributed by atoms with Crippen LogP contribution in [0, 0.1) is 27.7 Å². The topological polar surface area (TPSA) is 191 Å². The Labute approximate surface area is 415 Å². The standard InChI is InChI=1S/C15H14N2O.3C14H13N3O/c1-11-7-8-13-14(9-11)18-17-15(13)16-10-12-5-3-2-4-6-12;1-10-2-3-12-13(8-10)18-17-14(12)16-9-11-4-6-15-7-5-11;1-10-4-5-12-13(7-10)18-17-14(12)16-9-11-3-2-6-15-8-11;1-10-5-6-12-13(8-10)18-17-14(12)16-9-11-4-2-3-7-15-11/h2-9H,10H2,1H3,(H,16,17);3*2-8H,9H2,1H3,(H,16,17). The highest BCUT2D eigenvalue weighted by Gasteiger charge is 2.11. The van der Waals surface area contributed by atoms with E-state index >= 15 is 0 Å². The zero-order valence-corrected chi connectivity index (χ0v) is 40.3. The second-order valence-corrected chi connectivity index (χ2v) is 17.1. The van der Waals surface area contributed by atoms with Gasteiger partial charge in [0, 0.05) is 50.6 Å². The molecule has 0 unspecified atom stereocenters. The second kappa shape index (κ2) is 23.3. The van der Waals surface area contributed by atoms with Crippen molar-refractivity contribution in [3.05, 3.63) is 221 Å². The molecule has 0 bridgehead atoms. The Balaban J connectivity index is 0.000000119. The summed E-state index contributed by atoms with van der Waals surface area (Å²) in [5, 5.41) is 33.3. The molecule has 7 heterocycles. The predicted octanol–water partition coefficient (Wildman–Crippen LogP) is 13.2. The molecule has 72 heavy (non-hydrogen) atoms. The van der Waals surface area contributed by atoms with Gasteiger partial charge in [0.15, 0.2) is 45.6 Å². The third kappa shape index (κ3) is 12.6. The molecule has 0 aliphatic heterocycles. The van der Waals surface area contributed by atoms with Crippen LogP contribution < -0.4 is 21.3 Å². The molecule has 15 nitrogen and oxygen atoms in total. The average molecular weight is 956 g/mol. The van der Waals surface area contributed by atoms with Crippen LogP contribution in [0.2, 0.25) is 0 Å². The molecule has 0 aliphatic rings. The van der Waals surface area contributed by atoms with E-state index in [9.17, 15) is 0 Å². The van der Waals surface area contributed by atoms with Gasteiger partial charge in [0.05, 0.1) is 33.8 Å². The lowest BCUT2D eigenvalue weighted by molar-refractivity contribution is 0.459. The first-order chi connectivity index (χ1) is 35.3. The number of hydrogen-bond acceptors (Lipinski definition) is 15. The average Bonchev–Trinajstić information content (AvgIpc) is 4.22. The van der Waals surface area contributed by atoms with Crippen LogP contribution in [0.3, 0.4) is 0 Å². The number of aryl methyl sites for hydroxylation is 4. The van der Waals surface area contributed by atoms with E-state index in [1.165, 1.54) is 16.7 Å². The number of pyridine rings is 3. The number of anilines is 4. The minimum Gasteiger partial charge on any atom is -0.363 e. The number of rotatable bonds is 12. The van der Waals surface area contributed by atoms with Gasteiger partial charge in [-0.05, 0) is 146 Å². The van der Waals surface area contributed by atoms with E-state index in [-0.39, 0.29) is 0 Å². The quantitative estimate of drug-likeness (QED) is 0.0904. The van der Waals surface area contributed by atoms with Crippen molar-refractivity contribution >= 4 is 67.1 Å². The van der Waals surface area contributed by atoms with Gasteiger partial charge in [-0.2, -0.15) is 0 Å². The number of nitrogens with zero attached hydrogens (tertiary/aromatic N) is 7. The summed E-state index contributed by atoms with van der Waals surface area (Å²) in [4.78, 5) is 12.3. The molecule has 0 saturated carbocycles. The van der Waals surface area contributed by atoms with E-state index in [2.05, 4.69) is 87.2 Å². The third-order valence-electron chi connectivity index (χ3n) is 11.4. The van der Waals surface area contributed by atoms with Crippen LogP contribution in [-0.4, -0.2) is 35.6 Å². The Morgan fingerprint density at radius 3 is 1.17 bits per heavy atom. The van der Waals surface area contributed by atoms with Gasteiger partial charge in [0.1, 0.15) is 0 Å². The monoisotopic (exact) mass is 955 g/mol. The number of benzene rings is 5. The van der Waals surface area contributed by atoms with E-state index in [1.54, 1.807) is 24.8 Å². The number of fused-ring (bicyclic) bond motifs is 4. The molecule has 4 N–H and O–H groups in total. The van der Waals surface area contributed by atoms with Gasteiger partial charge >= 0.3 is 0 Å². The number of hydrogen-bond donors (Lipinski definition) is 4. The van der Waals surface area contributed by atoms with Crippen molar-refractivity contribution in [2.45, 2.75) is 53.9 Å². The molecule has 0 aliphatic carbocycles. The maximum atomic E-state index is 5.31. The lowest BCUT2D eigenvalue weighted by Crippen LogP contribution is -2.01. The fourth-order valence-corrected chi connectivity index (χ4v) is 7.52. The second-order valence-electron chi connectivity index (χ2n) is 17.1. The van der Waals surface area contributed by atoms with E-state index < -0.39 is 0 Å². The Morgan fingerprint density at radius 2 is 0.750 bits per heavy atom. The third-order valence-corrected chi connectivity index (χ3v) is 11.4. The number of nitrogens with one attached hydrogen (secondary N) is 4. The van der Waals surface area contributed by atoms with Crippen LogP contribution in [-0.2, 0) is 26.2 Å². The fourth-order valence-electron chi connectivity index (χ4n) is 7.52. The molecule has 0 amide bonds. The lowest BCUT2D eigenvalue weighted by atomic mass is 10.2. The van der Waals surface area contributed by atoms with Crippen LogP contribution in [0.5, 0.6) is 0 Å². The van der Waals surface area contributed by atoms with E-state index in [0.717, 1.165) is 102 Å². The largest absolute Gasteiger partial charge is 0.363 e. The van der Waals surface area contributed by atoms with Crippen LogP contribution in [0.4, 0.5) is 23.3 Å². The highest BCUT2D eigenvalue weighted by Crippen LogP contribution is 2.27. The summed E-state index contributed by atoms with van der Waals surface area (Å²) < 4.78 is 21.2. The first-order valence-electron chi connectivity index (χ1n) is 23.4. The minimum absolute atomic E-state index is 0.635. The van der Waals surface area contributed by atoms with Crippen LogP contribution in [0.25, 0.3) is 43.9 Å². The highest BCUT2D eigenvalue weighted by atomic mass is 16.5. The van der Waals surface area contributed by atoms with Gasteiger partial charge in [-0.1, -0.05) is 87.4 Å². The predicted molar refractivity (Wildman–Crippen MR) is 283 cm³/mol. The summed E-state index contributed by atoms with van der Waals surface area (Å²) in [6, 6.07) is 48.2. The Morgan fingerprint density at radius 1 is 0.347 bits per heavy atom. The van der Waals surface area contributed by atoms with Gasteiger partial charge in [0.2, 0.25) is 0 Å². The van der Waals surface area contributed by atoms with Gasteiger partial charge in [-0.15, -0.1) is 0 Å².